The second-order valence-corrected chi connectivity index (χ2v) is 6.36. The fourth-order valence-corrected chi connectivity index (χ4v) is 2.90. The maximum absolute atomic E-state index is 12.7. The smallest absolute Gasteiger partial charge is 0.318 e. The minimum atomic E-state index is -0.166. The molecule has 1 aliphatic rings. The molecular weight excluding hydrogens is 300 g/mol. The van der Waals surface area contributed by atoms with E-state index in [1.807, 2.05) is 17.0 Å². The lowest BCUT2D eigenvalue weighted by Crippen LogP contribution is -2.51. The zero-order valence-electron chi connectivity index (χ0n) is 14.3. The molecule has 2 heterocycles. The van der Waals surface area contributed by atoms with Gasteiger partial charge in [0, 0.05) is 38.6 Å². The normalized spacial score (nSPS) is 16.7. The summed E-state index contributed by atoms with van der Waals surface area (Å²) in [4.78, 5) is 20.9. The Morgan fingerprint density at radius 2 is 1.58 bits per heavy atom. The number of carbonyl (C=O) groups excluding carboxylic acids is 1. The van der Waals surface area contributed by atoms with Gasteiger partial charge in [-0.05, 0) is 37.2 Å². The molecule has 1 atom stereocenters. The van der Waals surface area contributed by atoms with Crippen molar-refractivity contribution < 1.29 is 4.79 Å². The average molecular weight is 324 g/mol. The van der Waals surface area contributed by atoms with Crippen LogP contribution in [0.3, 0.4) is 0 Å². The predicted octanol–water partition coefficient (Wildman–Crippen LogP) is 2.44. The van der Waals surface area contributed by atoms with Crippen LogP contribution in [0.25, 0.3) is 0 Å². The molecule has 1 aromatic carbocycles. The molecule has 2 amide bonds. The van der Waals surface area contributed by atoms with E-state index in [9.17, 15) is 4.79 Å². The molecule has 126 valence electrons. The second-order valence-electron chi connectivity index (χ2n) is 6.36. The third-order valence-corrected chi connectivity index (χ3v) is 4.51. The summed E-state index contributed by atoms with van der Waals surface area (Å²) in [7, 11) is 2.08. The Labute approximate surface area is 143 Å². The largest absolute Gasteiger partial charge is 0.327 e. The number of rotatable bonds is 3. The van der Waals surface area contributed by atoms with Crippen LogP contribution in [0.5, 0.6) is 0 Å². The second kappa shape index (κ2) is 7.45. The van der Waals surface area contributed by atoms with E-state index >= 15 is 0 Å². The number of nitrogens with one attached hydrogen (secondary N) is 1. The minimum absolute atomic E-state index is 0.00881. The molecule has 1 aliphatic heterocycles. The molecule has 0 radical (unpaired) electrons. The summed E-state index contributed by atoms with van der Waals surface area (Å²) in [5.41, 5.74) is 3.32. The Balaban J connectivity index is 1.80. The lowest BCUT2D eigenvalue weighted by molar-refractivity contribution is 0.153. The summed E-state index contributed by atoms with van der Waals surface area (Å²) >= 11 is 0. The molecule has 1 saturated heterocycles. The van der Waals surface area contributed by atoms with Crippen molar-refractivity contribution in [3.63, 3.8) is 0 Å². The summed E-state index contributed by atoms with van der Waals surface area (Å²) < 4.78 is 0. The van der Waals surface area contributed by atoms with Crippen molar-refractivity contribution in [1.82, 2.24) is 20.1 Å². The molecule has 0 saturated carbocycles. The molecule has 1 aromatic heterocycles. The van der Waals surface area contributed by atoms with Crippen molar-refractivity contribution in [1.29, 1.82) is 0 Å². The van der Waals surface area contributed by atoms with Crippen molar-refractivity contribution >= 4 is 6.03 Å². The zero-order valence-corrected chi connectivity index (χ0v) is 14.3. The number of amides is 2. The molecule has 0 aliphatic carbocycles. The Morgan fingerprint density at radius 3 is 2.21 bits per heavy atom. The monoisotopic (exact) mass is 324 g/mol. The summed E-state index contributed by atoms with van der Waals surface area (Å²) in [6, 6.07) is 12.0. The highest BCUT2D eigenvalue weighted by Gasteiger charge is 2.23. The Hall–Kier alpha value is -2.40. The number of likely N-dealkylation sites (N-methyl/N-ethyl adjacent to an activating group) is 1. The number of benzene rings is 1. The summed E-state index contributed by atoms with van der Waals surface area (Å²) in [6.07, 6.45) is 3.52. The standard InChI is InChI=1S/C19H24N4O/c1-15-3-5-16(6-4-15)18(17-7-9-20-10-8-17)21-19(24)23-13-11-22(2)12-14-23/h3-10,18H,11-14H2,1-2H3,(H,21,24)/t18-/m0/s1. The third-order valence-electron chi connectivity index (χ3n) is 4.51. The van der Waals surface area contributed by atoms with Gasteiger partial charge in [0.1, 0.15) is 0 Å². The molecule has 1 fully saturated rings. The Kier molecular flexibility index (Phi) is 5.11. The van der Waals surface area contributed by atoms with Gasteiger partial charge < -0.3 is 15.1 Å². The van der Waals surface area contributed by atoms with Gasteiger partial charge in [0.15, 0.2) is 0 Å². The molecule has 3 rings (SSSR count). The van der Waals surface area contributed by atoms with Gasteiger partial charge in [0.25, 0.3) is 0 Å². The number of hydrogen-bond donors (Lipinski definition) is 1. The predicted molar refractivity (Wildman–Crippen MR) is 94.9 cm³/mol. The number of urea groups is 1. The van der Waals surface area contributed by atoms with Crippen LogP contribution in [0.15, 0.2) is 48.8 Å². The van der Waals surface area contributed by atoms with Gasteiger partial charge in [-0.2, -0.15) is 0 Å². The highest BCUT2D eigenvalue weighted by Crippen LogP contribution is 2.22. The number of piperazine rings is 1. The molecule has 5 nitrogen and oxygen atoms in total. The van der Waals surface area contributed by atoms with E-state index in [1.165, 1.54) is 5.56 Å². The first-order chi connectivity index (χ1) is 11.6. The SMILES string of the molecule is Cc1ccc([C@H](NC(=O)N2CCN(C)CC2)c2ccncc2)cc1. The Bertz CT molecular complexity index is 664. The lowest BCUT2D eigenvalue weighted by Gasteiger charge is -2.33. The molecular formula is C19H24N4O. The fraction of sp³-hybridized carbons (Fsp3) is 0.368. The van der Waals surface area contributed by atoms with Crippen molar-refractivity contribution in [2.24, 2.45) is 0 Å². The maximum atomic E-state index is 12.7. The van der Waals surface area contributed by atoms with Crippen LogP contribution in [-0.4, -0.2) is 54.0 Å². The Morgan fingerprint density at radius 1 is 1.00 bits per heavy atom. The summed E-state index contributed by atoms with van der Waals surface area (Å²) in [5.74, 6) is 0. The maximum Gasteiger partial charge on any atom is 0.318 e. The number of hydrogen-bond acceptors (Lipinski definition) is 3. The number of aryl methyl sites for hydroxylation is 1. The first-order valence-corrected chi connectivity index (χ1v) is 8.34. The zero-order chi connectivity index (χ0) is 16.9. The molecule has 0 spiro atoms. The van der Waals surface area contributed by atoms with Gasteiger partial charge >= 0.3 is 6.03 Å². The van der Waals surface area contributed by atoms with E-state index < -0.39 is 0 Å². The van der Waals surface area contributed by atoms with E-state index in [-0.39, 0.29) is 12.1 Å². The number of nitrogens with zero attached hydrogens (tertiary/aromatic N) is 3. The number of aromatic nitrogens is 1. The van der Waals surface area contributed by atoms with Crippen LogP contribution in [0.2, 0.25) is 0 Å². The van der Waals surface area contributed by atoms with Crippen LogP contribution >= 0.6 is 0 Å². The molecule has 1 N–H and O–H groups in total. The molecule has 2 aromatic rings. The topological polar surface area (TPSA) is 48.5 Å². The highest BCUT2D eigenvalue weighted by molar-refractivity contribution is 5.75. The van der Waals surface area contributed by atoms with Crippen LogP contribution in [0.1, 0.15) is 22.7 Å². The molecule has 0 unspecified atom stereocenters. The molecule has 0 bridgehead atoms. The van der Waals surface area contributed by atoms with Gasteiger partial charge in [0.2, 0.25) is 0 Å². The summed E-state index contributed by atoms with van der Waals surface area (Å²) in [5, 5.41) is 3.19. The van der Waals surface area contributed by atoms with Crippen molar-refractivity contribution in [3.8, 4) is 0 Å². The van der Waals surface area contributed by atoms with Gasteiger partial charge in [-0.1, -0.05) is 29.8 Å². The van der Waals surface area contributed by atoms with E-state index in [0.29, 0.717) is 0 Å². The van der Waals surface area contributed by atoms with E-state index in [1.54, 1.807) is 12.4 Å². The van der Waals surface area contributed by atoms with Crippen LogP contribution in [0.4, 0.5) is 4.79 Å². The van der Waals surface area contributed by atoms with Crippen molar-refractivity contribution in [2.45, 2.75) is 13.0 Å². The quantitative estimate of drug-likeness (QED) is 0.943. The van der Waals surface area contributed by atoms with Crippen LogP contribution in [0, 0.1) is 6.92 Å². The first-order valence-electron chi connectivity index (χ1n) is 8.34. The molecule has 24 heavy (non-hydrogen) atoms. The number of pyridine rings is 1. The van der Waals surface area contributed by atoms with Crippen molar-refractivity contribution in [2.75, 3.05) is 33.2 Å². The van der Waals surface area contributed by atoms with Gasteiger partial charge in [-0.3, -0.25) is 4.98 Å². The van der Waals surface area contributed by atoms with Gasteiger partial charge in [-0.15, -0.1) is 0 Å². The van der Waals surface area contributed by atoms with E-state index in [0.717, 1.165) is 37.3 Å². The number of carbonyl (C=O) groups is 1. The highest BCUT2D eigenvalue weighted by atomic mass is 16.2. The molecule has 5 heteroatoms. The average Bonchev–Trinajstić information content (AvgIpc) is 2.62. The van der Waals surface area contributed by atoms with Gasteiger partial charge in [-0.25, -0.2) is 4.79 Å². The minimum Gasteiger partial charge on any atom is -0.327 e. The van der Waals surface area contributed by atoms with Crippen LogP contribution in [-0.2, 0) is 0 Å². The van der Waals surface area contributed by atoms with Crippen molar-refractivity contribution in [3.05, 3.63) is 65.5 Å². The van der Waals surface area contributed by atoms with Crippen LogP contribution < -0.4 is 5.32 Å². The van der Waals surface area contributed by atoms with E-state index in [2.05, 4.69) is 53.4 Å². The third kappa shape index (κ3) is 3.92. The fourth-order valence-electron chi connectivity index (χ4n) is 2.90. The van der Waals surface area contributed by atoms with E-state index in [4.69, 9.17) is 0 Å². The van der Waals surface area contributed by atoms with Gasteiger partial charge in [0.05, 0.1) is 6.04 Å². The lowest BCUT2D eigenvalue weighted by atomic mass is 9.99. The first kappa shape index (κ1) is 16.5. The summed E-state index contributed by atoms with van der Waals surface area (Å²) in [6.45, 7) is 5.42.